The summed E-state index contributed by atoms with van der Waals surface area (Å²) in [5.74, 6) is -0.299. The van der Waals surface area contributed by atoms with Gasteiger partial charge in [0.05, 0.1) is 38.6 Å². The molecular weight excluding hydrogens is 939 g/mol. The van der Waals surface area contributed by atoms with Crippen molar-refractivity contribution >= 4 is 5.91 Å². The van der Waals surface area contributed by atoms with Gasteiger partial charge in [-0.05, 0) is 64.2 Å². The van der Waals surface area contributed by atoms with E-state index in [0.717, 1.165) is 77.0 Å². The second-order valence-corrected chi connectivity index (χ2v) is 19.3. The van der Waals surface area contributed by atoms with Crippen LogP contribution in [0, 0.1) is 0 Å². The summed E-state index contributed by atoms with van der Waals surface area (Å²) in [6, 6.07) is -0.992. The number of aliphatic hydroxyl groups excluding tert-OH is 11. The van der Waals surface area contributed by atoms with Crippen LogP contribution in [0.2, 0.25) is 0 Å². The fourth-order valence-electron chi connectivity index (χ4n) is 8.82. The highest BCUT2D eigenvalue weighted by molar-refractivity contribution is 5.76. The minimum absolute atomic E-state index is 0.224. The quantitative estimate of drug-likeness (QED) is 0.0315. The Morgan fingerprint density at radius 2 is 0.931 bits per heavy atom. The molecule has 0 spiro atoms. The van der Waals surface area contributed by atoms with Gasteiger partial charge in [0.25, 0.3) is 0 Å². The van der Waals surface area contributed by atoms with Gasteiger partial charge in [0.15, 0.2) is 18.9 Å². The average Bonchev–Trinajstić information content (AvgIpc) is 3.37. The first kappa shape index (κ1) is 64.0. The zero-order valence-corrected chi connectivity index (χ0v) is 42.9. The SMILES string of the molecule is CCCCC/C=C\C/C=C\CCCCCCCCCC(=O)NC(COC1OC(CO)C(OC2OC(CO)C(OC3OC(CO)C(O)C(O)C3O)C(O)C2O)C(O)C1O)C(O)/C=C/CC/C=C/CCCCCC. The molecule has 72 heavy (non-hydrogen) atoms. The van der Waals surface area contributed by atoms with E-state index in [4.69, 9.17) is 28.4 Å². The molecular formula is C53H93NO18. The molecule has 17 atom stereocenters. The molecule has 0 aliphatic carbocycles. The molecule has 12 N–H and O–H groups in total. The van der Waals surface area contributed by atoms with Crippen molar-refractivity contribution in [3.05, 3.63) is 48.6 Å². The van der Waals surface area contributed by atoms with E-state index in [9.17, 15) is 61.0 Å². The van der Waals surface area contributed by atoms with E-state index in [1.807, 2.05) is 6.08 Å². The zero-order valence-electron chi connectivity index (χ0n) is 42.9. The Morgan fingerprint density at radius 1 is 0.500 bits per heavy atom. The topological polar surface area (TPSA) is 307 Å². The predicted molar refractivity (Wildman–Crippen MR) is 268 cm³/mol. The summed E-state index contributed by atoms with van der Waals surface area (Å²) < 4.78 is 34.1. The molecule has 3 rings (SSSR count). The molecule has 3 heterocycles. The molecule has 17 unspecified atom stereocenters. The number of hydrogen-bond acceptors (Lipinski definition) is 18. The Labute approximate surface area is 427 Å². The maximum Gasteiger partial charge on any atom is 0.220 e. The van der Waals surface area contributed by atoms with Gasteiger partial charge in [-0.2, -0.15) is 0 Å². The number of carbonyl (C=O) groups is 1. The Hall–Kier alpha value is -2.25. The van der Waals surface area contributed by atoms with Crippen LogP contribution in [0.15, 0.2) is 48.6 Å². The van der Waals surface area contributed by atoms with Crippen molar-refractivity contribution < 1.29 is 89.4 Å². The third kappa shape index (κ3) is 22.5. The lowest BCUT2D eigenvalue weighted by Crippen LogP contribution is -2.66. The molecule has 0 radical (unpaired) electrons. The molecule has 418 valence electrons. The van der Waals surface area contributed by atoms with Gasteiger partial charge < -0.3 is 89.9 Å². The van der Waals surface area contributed by atoms with Crippen molar-refractivity contribution in [2.24, 2.45) is 0 Å². The summed E-state index contributed by atoms with van der Waals surface area (Å²) in [7, 11) is 0. The molecule has 3 aliphatic heterocycles. The van der Waals surface area contributed by atoms with Gasteiger partial charge in [0.2, 0.25) is 5.91 Å². The van der Waals surface area contributed by atoms with Crippen LogP contribution in [0.4, 0.5) is 0 Å². The summed E-state index contributed by atoms with van der Waals surface area (Å²) in [5, 5.41) is 120. The highest BCUT2D eigenvalue weighted by atomic mass is 16.8. The number of hydrogen-bond donors (Lipinski definition) is 12. The minimum atomic E-state index is -1.98. The molecule has 0 bridgehead atoms. The van der Waals surface area contributed by atoms with Crippen LogP contribution in [0.5, 0.6) is 0 Å². The van der Waals surface area contributed by atoms with Crippen LogP contribution >= 0.6 is 0 Å². The van der Waals surface area contributed by atoms with Gasteiger partial charge in [-0.15, -0.1) is 0 Å². The molecule has 3 saturated heterocycles. The normalized spacial score (nSPS) is 32.4. The molecule has 19 heteroatoms. The lowest BCUT2D eigenvalue weighted by molar-refractivity contribution is -0.379. The third-order valence-electron chi connectivity index (χ3n) is 13.3. The maximum absolute atomic E-state index is 13.2. The summed E-state index contributed by atoms with van der Waals surface area (Å²) in [6.07, 6.45) is 11.2. The van der Waals surface area contributed by atoms with Gasteiger partial charge in [-0.1, -0.05) is 127 Å². The van der Waals surface area contributed by atoms with E-state index in [0.29, 0.717) is 12.8 Å². The molecule has 3 aliphatic rings. The molecule has 0 aromatic carbocycles. The van der Waals surface area contributed by atoms with E-state index >= 15 is 0 Å². The van der Waals surface area contributed by atoms with Crippen molar-refractivity contribution in [1.82, 2.24) is 5.32 Å². The highest BCUT2D eigenvalue weighted by Crippen LogP contribution is 2.33. The van der Waals surface area contributed by atoms with Crippen molar-refractivity contribution in [3.8, 4) is 0 Å². The van der Waals surface area contributed by atoms with Crippen molar-refractivity contribution in [3.63, 3.8) is 0 Å². The second-order valence-electron chi connectivity index (χ2n) is 19.3. The number of amides is 1. The smallest absolute Gasteiger partial charge is 0.220 e. The molecule has 19 nitrogen and oxygen atoms in total. The molecule has 0 saturated carbocycles. The number of nitrogens with one attached hydrogen (secondary N) is 1. The van der Waals surface area contributed by atoms with Crippen LogP contribution in [-0.2, 0) is 33.2 Å². The highest BCUT2D eigenvalue weighted by Gasteiger charge is 2.53. The lowest BCUT2D eigenvalue weighted by Gasteiger charge is -2.48. The van der Waals surface area contributed by atoms with Crippen LogP contribution < -0.4 is 5.32 Å². The average molecular weight is 1030 g/mol. The molecule has 3 fully saturated rings. The van der Waals surface area contributed by atoms with Crippen molar-refractivity contribution in [1.29, 1.82) is 0 Å². The van der Waals surface area contributed by atoms with E-state index in [1.165, 1.54) is 38.5 Å². The van der Waals surface area contributed by atoms with Crippen LogP contribution in [-0.4, -0.2) is 193 Å². The largest absolute Gasteiger partial charge is 0.394 e. The van der Waals surface area contributed by atoms with Gasteiger partial charge >= 0.3 is 0 Å². The van der Waals surface area contributed by atoms with E-state index in [-0.39, 0.29) is 18.9 Å². The lowest BCUT2D eigenvalue weighted by atomic mass is 9.96. The third-order valence-corrected chi connectivity index (χ3v) is 13.3. The first-order chi connectivity index (χ1) is 34.8. The summed E-state index contributed by atoms with van der Waals surface area (Å²) in [6.45, 7) is 1.59. The fraction of sp³-hybridized carbons (Fsp3) is 0.830. The van der Waals surface area contributed by atoms with E-state index < -0.39 is 124 Å². The Kier molecular flexibility index (Phi) is 33.3. The second kappa shape index (κ2) is 37.5. The number of rotatable bonds is 37. The van der Waals surface area contributed by atoms with Crippen LogP contribution in [0.25, 0.3) is 0 Å². The maximum atomic E-state index is 13.2. The summed E-state index contributed by atoms with van der Waals surface area (Å²) in [5.41, 5.74) is 0. The predicted octanol–water partition coefficient (Wildman–Crippen LogP) is 2.75. The van der Waals surface area contributed by atoms with Crippen molar-refractivity contribution in [2.45, 2.75) is 253 Å². The number of allylic oxidation sites excluding steroid dienone is 7. The Balaban J connectivity index is 1.54. The minimum Gasteiger partial charge on any atom is -0.394 e. The van der Waals surface area contributed by atoms with Gasteiger partial charge in [0.1, 0.15) is 73.2 Å². The first-order valence-electron chi connectivity index (χ1n) is 26.9. The molecule has 0 aromatic heterocycles. The number of carbonyl (C=O) groups excluding carboxylic acids is 1. The number of ether oxygens (including phenoxy) is 6. The fourth-order valence-corrected chi connectivity index (χ4v) is 8.82. The van der Waals surface area contributed by atoms with Crippen LogP contribution in [0.3, 0.4) is 0 Å². The Morgan fingerprint density at radius 3 is 1.50 bits per heavy atom. The van der Waals surface area contributed by atoms with E-state index in [2.05, 4.69) is 55.6 Å². The molecule has 0 aromatic rings. The van der Waals surface area contributed by atoms with Crippen LogP contribution in [0.1, 0.15) is 149 Å². The molecule has 1 amide bonds. The van der Waals surface area contributed by atoms with Gasteiger partial charge in [-0.3, -0.25) is 4.79 Å². The van der Waals surface area contributed by atoms with Gasteiger partial charge in [-0.25, -0.2) is 0 Å². The number of aliphatic hydroxyl groups is 11. The first-order valence-corrected chi connectivity index (χ1v) is 26.9. The zero-order chi connectivity index (χ0) is 52.7. The van der Waals surface area contributed by atoms with E-state index in [1.54, 1.807) is 6.08 Å². The van der Waals surface area contributed by atoms with Gasteiger partial charge in [0, 0.05) is 6.42 Å². The monoisotopic (exact) mass is 1030 g/mol. The van der Waals surface area contributed by atoms with Crippen molar-refractivity contribution in [2.75, 3.05) is 26.4 Å². The Bertz CT molecular complexity index is 1520. The standard InChI is InChI=1S/C53H93NO18/c1-3-5-7-9-11-13-15-16-17-18-19-20-21-23-25-27-29-31-41(59)54-36(37(58)30-28-26-24-22-14-12-10-8-6-4-2)35-67-51-47(65)44(62)49(39(33-56)69-51)72-53-48(66)45(63)50(40(34-57)70-53)71-52-46(64)43(61)42(60)38(32-55)68-52/h11,13-14,16-17,22,28,30,36-40,42-53,55-58,60-66H,3-10,12,15,18-21,23-27,29,31-35H2,1-2H3,(H,54,59)/b13-11-,17-16-,22-14+,30-28+. The summed E-state index contributed by atoms with van der Waals surface area (Å²) in [4.78, 5) is 13.2. The number of unbranched alkanes of at least 4 members (excludes halogenated alkanes) is 15. The summed E-state index contributed by atoms with van der Waals surface area (Å²) >= 11 is 0.